The van der Waals surface area contributed by atoms with Crippen molar-refractivity contribution in [1.82, 2.24) is 5.32 Å². The molecule has 9 nitrogen and oxygen atoms in total. The van der Waals surface area contributed by atoms with Gasteiger partial charge in [-0.15, -0.1) is 0 Å². The molecule has 2 aromatic carbocycles. The Kier molecular flexibility index (Phi) is 7.19. The van der Waals surface area contributed by atoms with Crippen molar-refractivity contribution in [2.45, 2.75) is 12.5 Å². The molecule has 0 aromatic heterocycles. The second kappa shape index (κ2) is 9.79. The summed E-state index contributed by atoms with van der Waals surface area (Å²) in [5.74, 6) is -3.51. The minimum absolute atomic E-state index is 0.206. The number of carbonyl (C=O) groups excluding carboxylic acids is 2. The summed E-state index contributed by atoms with van der Waals surface area (Å²) in [4.78, 5) is 49.5. The van der Waals surface area contributed by atoms with Gasteiger partial charge in [-0.05, 0) is 55.2 Å². The van der Waals surface area contributed by atoms with Gasteiger partial charge in [0.2, 0.25) is 0 Å². The van der Waals surface area contributed by atoms with E-state index >= 15 is 0 Å². The summed E-state index contributed by atoms with van der Waals surface area (Å²) in [5.41, 5.74) is 1.54. The van der Waals surface area contributed by atoms with Crippen LogP contribution >= 0.6 is 0 Å². The molecule has 0 aliphatic heterocycles. The van der Waals surface area contributed by atoms with E-state index in [0.717, 1.165) is 0 Å². The lowest BCUT2D eigenvalue weighted by Crippen LogP contribution is -2.44. The number of aliphatic carboxylic acids is 2. The summed E-state index contributed by atoms with van der Waals surface area (Å²) < 4.78 is 5.24. The molecule has 2 aromatic rings. The number of hydrogen-bond acceptors (Lipinski definition) is 6. The summed E-state index contributed by atoms with van der Waals surface area (Å²) in [7, 11) is 0. The number of amides is 1. The van der Waals surface area contributed by atoms with Crippen LogP contribution in [0.1, 0.15) is 22.3 Å². The largest absolute Gasteiger partial charge is 0.484 e. The Morgan fingerprint density at radius 2 is 1.52 bits per heavy atom. The van der Waals surface area contributed by atoms with Gasteiger partial charge in [-0.3, -0.25) is 19.4 Å². The van der Waals surface area contributed by atoms with Gasteiger partial charge in [0.05, 0.1) is 12.1 Å². The number of ketones is 1. The fraction of sp³-hybridized carbons (Fsp3) is 0.150. The van der Waals surface area contributed by atoms with Crippen LogP contribution in [0.4, 0.5) is 5.69 Å². The Bertz CT molecular complexity index is 921. The SMILES string of the molecule is C=Nc1ccc(C(=O)c2ccc(OCC(=O)NC(CC(=O)O)C(=O)O)cc2)cc1. The molecular formula is C20H18N2O7. The van der Waals surface area contributed by atoms with E-state index in [1.807, 2.05) is 0 Å². The lowest BCUT2D eigenvalue weighted by Gasteiger charge is -2.13. The maximum Gasteiger partial charge on any atom is 0.326 e. The Hall–Kier alpha value is -4.01. The van der Waals surface area contributed by atoms with Crippen molar-refractivity contribution in [3.63, 3.8) is 0 Å². The highest BCUT2D eigenvalue weighted by atomic mass is 16.5. The third kappa shape index (κ3) is 6.28. The third-order valence-corrected chi connectivity index (χ3v) is 3.81. The molecule has 1 unspecified atom stereocenters. The monoisotopic (exact) mass is 398 g/mol. The highest BCUT2D eigenvalue weighted by Gasteiger charge is 2.23. The number of nitrogens with zero attached hydrogens (tertiary/aromatic N) is 1. The van der Waals surface area contributed by atoms with Gasteiger partial charge < -0.3 is 20.3 Å². The van der Waals surface area contributed by atoms with Crippen LogP contribution in [0.5, 0.6) is 5.75 Å². The van der Waals surface area contributed by atoms with E-state index in [-0.39, 0.29) is 11.5 Å². The number of aliphatic imine (C=N–C) groups is 1. The number of carboxylic acid groups (broad SMARTS) is 2. The molecule has 3 N–H and O–H groups in total. The van der Waals surface area contributed by atoms with E-state index in [4.69, 9.17) is 14.9 Å². The molecule has 0 aliphatic rings. The van der Waals surface area contributed by atoms with Crippen molar-refractivity contribution in [1.29, 1.82) is 0 Å². The summed E-state index contributed by atoms with van der Waals surface area (Å²) in [6.07, 6.45) is -0.748. The molecule has 9 heteroatoms. The predicted octanol–water partition coefficient (Wildman–Crippen LogP) is 1.67. The Morgan fingerprint density at radius 3 is 2.00 bits per heavy atom. The van der Waals surface area contributed by atoms with E-state index in [1.165, 1.54) is 24.3 Å². The van der Waals surface area contributed by atoms with E-state index in [1.54, 1.807) is 24.3 Å². The van der Waals surface area contributed by atoms with Crippen LogP contribution in [0.15, 0.2) is 53.5 Å². The molecule has 0 spiro atoms. The molecule has 1 atom stereocenters. The van der Waals surface area contributed by atoms with Crippen LogP contribution in [-0.4, -0.2) is 53.2 Å². The quantitative estimate of drug-likeness (QED) is 0.408. The van der Waals surface area contributed by atoms with Crippen LogP contribution in [0.2, 0.25) is 0 Å². The zero-order valence-corrected chi connectivity index (χ0v) is 15.2. The zero-order chi connectivity index (χ0) is 21.4. The summed E-state index contributed by atoms with van der Waals surface area (Å²) in [6.45, 7) is 2.90. The van der Waals surface area contributed by atoms with Crippen molar-refractivity contribution >= 4 is 36.0 Å². The van der Waals surface area contributed by atoms with Gasteiger partial charge in [0, 0.05) is 11.1 Å². The van der Waals surface area contributed by atoms with E-state index < -0.39 is 36.9 Å². The normalized spacial score (nSPS) is 11.2. The smallest absolute Gasteiger partial charge is 0.326 e. The number of rotatable bonds is 10. The van der Waals surface area contributed by atoms with E-state index in [9.17, 15) is 19.2 Å². The van der Waals surface area contributed by atoms with Gasteiger partial charge in [0.15, 0.2) is 12.4 Å². The Labute approximate surface area is 165 Å². The number of nitrogens with one attached hydrogen (secondary N) is 1. The Balaban J connectivity index is 1.93. The average molecular weight is 398 g/mol. The topological polar surface area (TPSA) is 142 Å². The van der Waals surface area contributed by atoms with Gasteiger partial charge in [0.25, 0.3) is 5.91 Å². The van der Waals surface area contributed by atoms with E-state index in [0.29, 0.717) is 16.8 Å². The second-order valence-electron chi connectivity index (χ2n) is 5.90. The average Bonchev–Trinajstić information content (AvgIpc) is 2.71. The number of carboxylic acids is 2. The molecule has 0 radical (unpaired) electrons. The number of hydrogen-bond donors (Lipinski definition) is 3. The van der Waals surface area contributed by atoms with Crippen LogP contribution in [0.25, 0.3) is 0 Å². The van der Waals surface area contributed by atoms with Crippen LogP contribution < -0.4 is 10.1 Å². The van der Waals surface area contributed by atoms with Crippen molar-refractivity contribution < 1.29 is 34.1 Å². The van der Waals surface area contributed by atoms with Crippen LogP contribution in [-0.2, 0) is 14.4 Å². The molecule has 29 heavy (non-hydrogen) atoms. The minimum atomic E-state index is -1.55. The highest BCUT2D eigenvalue weighted by molar-refractivity contribution is 6.09. The molecule has 0 heterocycles. The van der Waals surface area contributed by atoms with Gasteiger partial charge in [-0.25, -0.2) is 4.79 Å². The fourth-order valence-corrected chi connectivity index (χ4v) is 2.35. The maximum atomic E-state index is 12.4. The van der Waals surface area contributed by atoms with Crippen molar-refractivity contribution in [3.8, 4) is 5.75 Å². The molecule has 1 amide bonds. The van der Waals surface area contributed by atoms with Gasteiger partial charge in [-0.2, -0.15) is 0 Å². The molecule has 0 saturated carbocycles. The highest BCUT2D eigenvalue weighted by Crippen LogP contribution is 2.18. The summed E-state index contributed by atoms with van der Waals surface area (Å²) in [6, 6.07) is 11.1. The van der Waals surface area contributed by atoms with Gasteiger partial charge >= 0.3 is 11.9 Å². The molecule has 0 aliphatic carbocycles. The lowest BCUT2D eigenvalue weighted by molar-refractivity contribution is -0.147. The van der Waals surface area contributed by atoms with Gasteiger partial charge in [0.1, 0.15) is 11.8 Å². The Morgan fingerprint density at radius 1 is 0.966 bits per heavy atom. The third-order valence-electron chi connectivity index (χ3n) is 3.81. The van der Waals surface area contributed by atoms with Crippen molar-refractivity contribution in [2.24, 2.45) is 4.99 Å². The van der Waals surface area contributed by atoms with E-state index in [2.05, 4.69) is 17.0 Å². The first-order valence-electron chi connectivity index (χ1n) is 8.38. The first kappa shape index (κ1) is 21.3. The fourth-order valence-electron chi connectivity index (χ4n) is 2.35. The molecule has 0 saturated heterocycles. The molecule has 0 fully saturated rings. The molecule has 150 valence electrons. The van der Waals surface area contributed by atoms with Crippen molar-refractivity contribution in [3.05, 3.63) is 59.7 Å². The summed E-state index contributed by atoms with van der Waals surface area (Å²) >= 11 is 0. The predicted molar refractivity (Wildman–Crippen MR) is 103 cm³/mol. The first-order chi connectivity index (χ1) is 13.8. The number of benzene rings is 2. The second-order valence-corrected chi connectivity index (χ2v) is 5.90. The molecule has 2 rings (SSSR count). The standard InChI is InChI=1S/C20H18N2O7/c1-21-14-6-2-12(3-7-14)19(26)13-4-8-15(9-5-13)29-11-17(23)22-16(20(27)28)10-18(24)25/h2-9,16H,1,10-11H2,(H,22,23)(H,24,25)(H,27,28). The molecular weight excluding hydrogens is 380 g/mol. The van der Waals surface area contributed by atoms with Crippen LogP contribution in [0.3, 0.4) is 0 Å². The summed E-state index contributed by atoms with van der Waals surface area (Å²) in [5, 5.41) is 19.6. The number of carbonyl (C=O) groups is 4. The molecule has 0 bridgehead atoms. The van der Waals surface area contributed by atoms with Crippen molar-refractivity contribution in [2.75, 3.05) is 6.61 Å². The minimum Gasteiger partial charge on any atom is -0.484 e. The maximum absolute atomic E-state index is 12.4. The van der Waals surface area contributed by atoms with Gasteiger partial charge in [-0.1, -0.05) is 0 Å². The lowest BCUT2D eigenvalue weighted by atomic mass is 10.0. The zero-order valence-electron chi connectivity index (χ0n) is 15.2. The van der Waals surface area contributed by atoms with Crippen LogP contribution in [0, 0.1) is 0 Å². The first-order valence-corrected chi connectivity index (χ1v) is 8.38. The number of ether oxygens (including phenoxy) is 1.